The zero-order valence-corrected chi connectivity index (χ0v) is 14.7. The Morgan fingerprint density at radius 2 is 2.19 bits per heavy atom. The fraction of sp³-hybridized carbons (Fsp3) is 0.294. The van der Waals surface area contributed by atoms with Crippen molar-refractivity contribution in [2.24, 2.45) is 0 Å². The predicted octanol–water partition coefficient (Wildman–Crippen LogP) is 3.11. The lowest BCUT2D eigenvalue weighted by Crippen LogP contribution is -2.32. The molecular weight excluding hydrogens is 358 g/mol. The van der Waals surface area contributed by atoms with Crippen LogP contribution in [-0.4, -0.2) is 36.3 Å². The Bertz CT molecular complexity index is 849. The fourth-order valence-electron chi connectivity index (χ4n) is 2.30. The third kappa shape index (κ3) is 4.08. The van der Waals surface area contributed by atoms with Crippen molar-refractivity contribution in [2.45, 2.75) is 12.7 Å². The first-order chi connectivity index (χ1) is 12.6. The summed E-state index contributed by atoms with van der Waals surface area (Å²) in [5.41, 5.74) is 0.835. The SMILES string of the molecule is CN(C(=O)Nc1cc(Cl)c(C#N)cn1)c1cccc(C2OCCCO2)n1. The molecule has 1 aliphatic heterocycles. The van der Waals surface area contributed by atoms with Crippen LogP contribution in [0.25, 0.3) is 0 Å². The maximum Gasteiger partial charge on any atom is 0.328 e. The number of carbonyl (C=O) groups excluding carboxylic acids is 1. The van der Waals surface area contributed by atoms with Gasteiger partial charge >= 0.3 is 6.03 Å². The number of halogens is 1. The first-order valence-electron chi connectivity index (χ1n) is 7.89. The summed E-state index contributed by atoms with van der Waals surface area (Å²) in [7, 11) is 1.58. The molecule has 3 heterocycles. The number of hydrogen-bond donors (Lipinski definition) is 1. The number of nitrogens with one attached hydrogen (secondary N) is 1. The van der Waals surface area contributed by atoms with Crippen LogP contribution in [0.3, 0.4) is 0 Å². The van der Waals surface area contributed by atoms with Gasteiger partial charge < -0.3 is 9.47 Å². The molecule has 0 spiro atoms. The molecule has 8 nitrogen and oxygen atoms in total. The average molecular weight is 374 g/mol. The second-order valence-corrected chi connectivity index (χ2v) is 5.91. The highest BCUT2D eigenvalue weighted by atomic mass is 35.5. The number of pyridine rings is 2. The molecule has 0 bridgehead atoms. The van der Waals surface area contributed by atoms with Crippen molar-refractivity contribution >= 4 is 29.3 Å². The van der Waals surface area contributed by atoms with Gasteiger partial charge in [0.2, 0.25) is 6.29 Å². The molecule has 26 heavy (non-hydrogen) atoms. The molecule has 9 heteroatoms. The highest BCUT2D eigenvalue weighted by Gasteiger charge is 2.20. The second kappa shape index (κ2) is 8.10. The van der Waals surface area contributed by atoms with Crippen molar-refractivity contribution in [1.82, 2.24) is 9.97 Å². The summed E-state index contributed by atoms with van der Waals surface area (Å²) in [4.78, 5) is 22.2. The summed E-state index contributed by atoms with van der Waals surface area (Å²) in [5, 5.41) is 11.7. The van der Waals surface area contributed by atoms with Crippen LogP contribution in [0, 0.1) is 11.3 Å². The number of nitriles is 1. The highest BCUT2D eigenvalue weighted by Crippen LogP contribution is 2.23. The standard InChI is InChI=1S/C17H16ClN5O3/c1-23(17(24)22-14-8-12(18)11(9-19)10-20-14)15-5-2-4-13(21-15)16-25-6-3-7-26-16/h2,4-5,8,10,16H,3,6-7H2,1H3,(H,20,22,24). The van der Waals surface area contributed by atoms with Gasteiger partial charge in [0.25, 0.3) is 0 Å². The molecule has 2 aromatic rings. The largest absolute Gasteiger partial charge is 0.347 e. The van der Waals surface area contributed by atoms with Crippen molar-refractivity contribution in [2.75, 3.05) is 30.5 Å². The maximum atomic E-state index is 12.4. The normalized spacial score (nSPS) is 14.5. The zero-order valence-electron chi connectivity index (χ0n) is 14.0. The molecule has 0 aromatic carbocycles. The van der Waals surface area contributed by atoms with Gasteiger partial charge in [-0.2, -0.15) is 5.26 Å². The molecule has 1 N–H and O–H groups in total. The maximum absolute atomic E-state index is 12.4. The Balaban J connectivity index is 1.72. The Labute approximate surface area is 155 Å². The summed E-state index contributed by atoms with van der Waals surface area (Å²) in [5.74, 6) is 0.665. The molecule has 1 aliphatic rings. The van der Waals surface area contributed by atoms with Crippen LogP contribution in [0.2, 0.25) is 5.02 Å². The summed E-state index contributed by atoms with van der Waals surface area (Å²) in [6.07, 6.45) is 1.62. The number of ether oxygens (including phenoxy) is 2. The van der Waals surface area contributed by atoms with E-state index in [4.69, 9.17) is 26.3 Å². The number of hydrogen-bond acceptors (Lipinski definition) is 6. The zero-order chi connectivity index (χ0) is 18.5. The van der Waals surface area contributed by atoms with Gasteiger partial charge in [0.05, 0.1) is 29.5 Å². The van der Waals surface area contributed by atoms with Gasteiger partial charge in [-0.1, -0.05) is 17.7 Å². The van der Waals surface area contributed by atoms with Crippen molar-refractivity contribution in [3.8, 4) is 6.07 Å². The highest BCUT2D eigenvalue weighted by molar-refractivity contribution is 6.32. The van der Waals surface area contributed by atoms with Crippen molar-refractivity contribution in [3.05, 3.63) is 46.7 Å². The minimum Gasteiger partial charge on any atom is -0.347 e. The van der Waals surface area contributed by atoms with Gasteiger partial charge in [0, 0.05) is 19.3 Å². The Kier molecular flexibility index (Phi) is 5.63. The van der Waals surface area contributed by atoms with E-state index in [0.717, 1.165) is 6.42 Å². The summed E-state index contributed by atoms with van der Waals surface area (Å²) in [6.45, 7) is 1.22. The molecule has 134 valence electrons. The van der Waals surface area contributed by atoms with E-state index >= 15 is 0 Å². The van der Waals surface area contributed by atoms with Crippen LogP contribution in [0.4, 0.5) is 16.4 Å². The number of carbonyl (C=O) groups is 1. The summed E-state index contributed by atoms with van der Waals surface area (Å²) < 4.78 is 11.1. The van der Waals surface area contributed by atoms with E-state index in [1.54, 1.807) is 25.2 Å². The van der Waals surface area contributed by atoms with Crippen LogP contribution < -0.4 is 10.2 Å². The van der Waals surface area contributed by atoms with Gasteiger partial charge in [-0.15, -0.1) is 0 Å². The van der Waals surface area contributed by atoms with E-state index in [1.165, 1.54) is 17.2 Å². The Morgan fingerprint density at radius 3 is 2.88 bits per heavy atom. The van der Waals surface area contributed by atoms with E-state index in [0.29, 0.717) is 24.7 Å². The molecular formula is C17H16ClN5O3. The van der Waals surface area contributed by atoms with Gasteiger partial charge in [0.15, 0.2) is 0 Å². The third-order valence-electron chi connectivity index (χ3n) is 3.68. The molecule has 0 radical (unpaired) electrons. The lowest BCUT2D eigenvalue weighted by molar-refractivity contribution is -0.185. The minimum atomic E-state index is -0.529. The molecule has 0 aliphatic carbocycles. The lowest BCUT2D eigenvalue weighted by Gasteiger charge is -2.24. The van der Waals surface area contributed by atoms with Crippen molar-refractivity contribution in [1.29, 1.82) is 5.26 Å². The molecule has 1 fully saturated rings. The van der Waals surface area contributed by atoms with E-state index < -0.39 is 12.3 Å². The lowest BCUT2D eigenvalue weighted by atomic mass is 10.3. The van der Waals surface area contributed by atoms with Crippen molar-refractivity contribution < 1.29 is 14.3 Å². The first kappa shape index (κ1) is 18.1. The second-order valence-electron chi connectivity index (χ2n) is 5.50. The first-order valence-corrected chi connectivity index (χ1v) is 8.27. The van der Waals surface area contributed by atoms with Crippen LogP contribution in [0.15, 0.2) is 30.5 Å². The number of rotatable bonds is 3. The Hall–Kier alpha value is -2.73. The fourth-order valence-corrected chi connectivity index (χ4v) is 2.49. The molecule has 2 aromatic heterocycles. The Morgan fingerprint density at radius 1 is 1.42 bits per heavy atom. The molecule has 0 unspecified atom stereocenters. The minimum absolute atomic E-state index is 0.215. The number of nitrogens with zero attached hydrogens (tertiary/aromatic N) is 4. The molecule has 3 rings (SSSR count). The van der Waals surface area contributed by atoms with E-state index in [1.807, 2.05) is 6.07 Å². The van der Waals surface area contributed by atoms with Crippen molar-refractivity contribution in [3.63, 3.8) is 0 Å². The van der Waals surface area contributed by atoms with Crippen LogP contribution in [-0.2, 0) is 9.47 Å². The van der Waals surface area contributed by atoms with Crippen LogP contribution in [0.1, 0.15) is 24.0 Å². The molecule has 1 saturated heterocycles. The van der Waals surface area contributed by atoms with Crippen LogP contribution >= 0.6 is 11.6 Å². The summed E-state index contributed by atoms with van der Waals surface area (Å²) in [6, 6.07) is 8.14. The van der Waals surface area contributed by atoms with Gasteiger partial charge in [-0.3, -0.25) is 10.2 Å². The van der Waals surface area contributed by atoms with Gasteiger partial charge in [0.1, 0.15) is 17.7 Å². The number of anilines is 2. The monoisotopic (exact) mass is 373 g/mol. The topological polar surface area (TPSA) is 100 Å². The van der Waals surface area contributed by atoms with Gasteiger partial charge in [-0.25, -0.2) is 14.8 Å². The average Bonchev–Trinajstić information content (AvgIpc) is 2.68. The molecule has 2 amide bonds. The van der Waals surface area contributed by atoms with E-state index in [-0.39, 0.29) is 16.4 Å². The molecule has 0 saturated carbocycles. The third-order valence-corrected chi connectivity index (χ3v) is 3.99. The molecule has 0 atom stereocenters. The number of amides is 2. The van der Waals surface area contributed by atoms with Crippen LogP contribution in [0.5, 0.6) is 0 Å². The summed E-state index contributed by atoms with van der Waals surface area (Å²) >= 11 is 5.95. The smallest absolute Gasteiger partial charge is 0.328 e. The number of aromatic nitrogens is 2. The van der Waals surface area contributed by atoms with E-state index in [9.17, 15) is 4.79 Å². The van der Waals surface area contributed by atoms with Gasteiger partial charge in [-0.05, 0) is 18.6 Å². The number of urea groups is 1. The predicted molar refractivity (Wildman–Crippen MR) is 94.9 cm³/mol. The van der Waals surface area contributed by atoms with E-state index in [2.05, 4.69) is 15.3 Å². The quantitative estimate of drug-likeness (QED) is 0.887.